The van der Waals surface area contributed by atoms with E-state index in [-0.39, 0.29) is 11.7 Å². The zero-order valence-electron chi connectivity index (χ0n) is 12.4. The monoisotopic (exact) mass is 361 g/mol. The summed E-state index contributed by atoms with van der Waals surface area (Å²) in [5.74, 6) is -0.587. The Morgan fingerprint density at radius 3 is 2.75 bits per heavy atom. The highest BCUT2D eigenvalue weighted by Crippen LogP contribution is 2.23. The van der Waals surface area contributed by atoms with Crippen molar-refractivity contribution in [2.75, 3.05) is 5.32 Å². The van der Waals surface area contributed by atoms with E-state index in [1.807, 2.05) is 12.1 Å². The molecular formula is C17H13ClFN3OS. The van der Waals surface area contributed by atoms with Crippen molar-refractivity contribution < 1.29 is 9.18 Å². The highest BCUT2D eigenvalue weighted by atomic mass is 35.5. The third-order valence-corrected chi connectivity index (χ3v) is 4.17. The minimum Gasteiger partial charge on any atom is -0.347 e. The van der Waals surface area contributed by atoms with Crippen LogP contribution in [0.1, 0.15) is 16.1 Å². The molecule has 0 aliphatic heterocycles. The number of anilines is 2. The smallest absolute Gasteiger partial charge is 0.271 e. The Hall–Kier alpha value is -2.44. The molecule has 1 amide bonds. The summed E-state index contributed by atoms with van der Waals surface area (Å²) >= 11 is 7.26. The molecule has 24 heavy (non-hydrogen) atoms. The van der Waals surface area contributed by atoms with Gasteiger partial charge in [0, 0.05) is 22.6 Å². The summed E-state index contributed by atoms with van der Waals surface area (Å²) in [6.45, 7) is 0.313. The van der Waals surface area contributed by atoms with Gasteiger partial charge in [0.1, 0.15) is 11.5 Å². The van der Waals surface area contributed by atoms with Gasteiger partial charge in [0.2, 0.25) is 0 Å². The third-order valence-electron chi connectivity index (χ3n) is 3.18. The van der Waals surface area contributed by atoms with Crippen LogP contribution >= 0.6 is 22.9 Å². The number of amides is 1. The van der Waals surface area contributed by atoms with Crippen molar-refractivity contribution in [3.8, 4) is 0 Å². The van der Waals surface area contributed by atoms with Gasteiger partial charge in [0.15, 0.2) is 5.13 Å². The summed E-state index contributed by atoms with van der Waals surface area (Å²) in [4.78, 5) is 16.4. The molecule has 0 fully saturated rings. The molecule has 0 atom stereocenters. The molecule has 0 bridgehead atoms. The molecule has 3 rings (SSSR count). The second kappa shape index (κ2) is 7.42. The average Bonchev–Trinajstić information content (AvgIpc) is 3.03. The summed E-state index contributed by atoms with van der Waals surface area (Å²) in [6, 6.07) is 13.2. The van der Waals surface area contributed by atoms with Gasteiger partial charge in [0.25, 0.3) is 5.91 Å². The zero-order valence-corrected chi connectivity index (χ0v) is 14.0. The summed E-state index contributed by atoms with van der Waals surface area (Å²) in [5.41, 5.74) is 1.94. The van der Waals surface area contributed by atoms with E-state index < -0.39 is 0 Å². The molecule has 7 heteroatoms. The van der Waals surface area contributed by atoms with Crippen molar-refractivity contribution >= 4 is 39.7 Å². The van der Waals surface area contributed by atoms with Gasteiger partial charge in [-0.3, -0.25) is 4.79 Å². The van der Waals surface area contributed by atoms with Gasteiger partial charge in [-0.2, -0.15) is 0 Å². The third kappa shape index (κ3) is 4.31. The molecule has 1 aromatic heterocycles. The Bertz CT molecular complexity index is 851. The average molecular weight is 362 g/mol. The first-order chi connectivity index (χ1) is 11.6. The molecule has 2 aromatic carbocycles. The van der Waals surface area contributed by atoms with Crippen molar-refractivity contribution in [1.29, 1.82) is 0 Å². The van der Waals surface area contributed by atoms with Crippen LogP contribution < -0.4 is 10.6 Å². The first-order valence-corrected chi connectivity index (χ1v) is 8.37. The lowest BCUT2D eigenvalue weighted by atomic mass is 10.2. The normalized spacial score (nSPS) is 10.4. The number of hydrogen-bond donors (Lipinski definition) is 2. The van der Waals surface area contributed by atoms with Crippen molar-refractivity contribution in [2.24, 2.45) is 0 Å². The van der Waals surface area contributed by atoms with Gasteiger partial charge < -0.3 is 10.6 Å². The van der Waals surface area contributed by atoms with Gasteiger partial charge in [0.05, 0.1) is 0 Å². The lowest BCUT2D eigenvalue weighted by molar-refractivity contribution is 0.0946. The molecule has 2 N–H and O–H groups in total. The predicted molar refractivity (Wildman–Crippen MR) is 94.4 cm³/mol. The maximum Gasteiger partial charge on any atom is 0.271 e. The van der Waals surface area contributed by atoms with E-state index in [0.717, 1.165) is 11.3 Å². The summed E-state index contributed by atoms with van der Waals surface area (Å²) < 4.78 is 12.8. The molecule has 0 radical (unpaired) electrons. The number of nitrogens with one attached hydrogen (secondary N) is 2. The second-order valence-corrected chi connectivity index (χ2v) is 6.28. The fourth-order valence-corrected chi connectivity index (χ4v) is 2.90. The molecule has 1 heterocycles. The van der Waals surface area contributed by atoms with E-state index in [0.29, 0.717) is 22.4 Å². The number of hydrogen-bond acceptors (Lipinski definition) is 4. The van der Waals surface area contributed by atoms with Crippen LogP contribution in [-0.2, 0) is 6.54 Å². The van der Waals surface area contributed by atoms with Crippen LogP contribution in [0.5, 0.6) is 0 Å². The topological polar surface area (TPSA) is 54.0 Å². The van der Waals surface area contributed by atoms with Crippen molar-refractivity contribution in [3.05, 3.63) is 76.0 Å². The fraction of sp³-hybridized carbons (Fsp3) is 0.0588. The Morgan fingerprint density at radius 1 is 1.21 bits per heavy atom. The number of aromatic nitrogens is 1. The highest BCUT2D eigenvalue weighted by Gasteiger charge is 2.10. The van der Waals surface area contributed by atoms with E-state index in [9.17, 15) is 9.18 Å². The van der Waals surface area contributed by atoms with Crippen molar-refractivity contribution in [1.82, 2.24) is 10.3 Å². The minimum absolute atomic E-state index is 0.283. The van der Waals surface area contributed by atoms with E-state index in [2.05, 4.69) is 15.6 Å². The van der Waals surface area contributed by atoms with E-state index in [1.165, 1.54) is 23.5 Å². The van der Waals surface area contributed by atoms with Gasteiger partial charge in [-0.05, 0) is 35.9 Å². The number of nitrogens with zero attached hydrogens (tertiary/aromatic N) is 1. The zero-order chi connectivity index (χ0) is 16.9. The van der Waals surface area contributed by atoms with E-state index in [4.69, 9.17) is 11.6 Å². The first kappa shape index (κ1) is 16.4. The largest absolute Gasteiger partial charge is 0.347 e. The summed E-state index contributed by atoms with van der Waals surface area (Å²) in [6.07, 6.45) is 0. The lowest BCUT2D eigenvalue weighted by Crippen LogP contribution is -2.23. The molecule has 0 aliphatic carbocycles. The van der Waals surface area contributed by atoms with Crippen LogP contribution in [0.4, 0.5) is 15.2 Å². The quantitative estimate of drug-likeness (QED) is 0.697. The number of benzene rings is 2. The number of thiazole rings is 1. The maximum absolute atomic E-state index is 12.8. The molecule has 4 nitrogen and oxygen atoms in total. The Balaban J connectivity index is 1.60. The second-order valence-electron chi connectivity index (χ2n) is 4.98. The molecule has 122 valence electrons. The van der Waals surface area contributed by atoms with Crippen LogP contribution in [0.2, 0.25) is 5.02 Å². The van der Waals surface area contributed by atoms with Gasteiger partial charge in [-0.1, -0.05) is 29.8 Å². The fourth-order valence-electron chi connectivity index (χ4n) is 2.00. The van der Waals surface area contributed by atoms with E-state index >= 15 is 0 Å². The summed E-state index contributed by atoms with van der Waals surface area (Å²) in [5, 5.41) is 8.75. The van der Waals surface area contributed by atoms with Crippen LogP contribution in [0.25, 0.3) is 0 Å². The van der Waals surface area contributed by atoms with Crippen LogP contribution in [0.15, 0.2) is 53.9 Å². The van der Waals surface area contributed by atoms with Crippen LogP contribution in [0, 0.1) is 5.82 Å². The number of halogens is 2. The molecule has 0 saturated carbocycles. The van der Waals surface area contributed by atoms with Crippen LogP contribution in [-0.4, -0.2) is 10.9 Å². The Morgan fingerprint density at radius 2 is 2.00 bits per heavy atom. The van der Waals surface area contributed by atoms with Crippen molar-refractivity contribution in [3.63, 3.8) is 0 Å². The molecule has 0 saturated heterocycles. The number of carbonyl (C=O) groups excluding carboxylic acids is 1. The van der Waals surface area contributed by atoms with Crippen molar-refractivity contribution in [2.45, 2.75) is 6.54 Å². The SMILES string of the molecule is O=C(NCc1ccc(F)cc1)c1csc(Nc2cccc(Cl)c2)n1. The molecule has 0 aliphatic rings. The molecular weight excluding hydrogens is 349 g/mol. The van der Waals surface area contributed by atoms with E-state index in [1.54, 1.807) is 29.6 Å². The Kier molecular flexibility index (Phi) is 5.08. The molecule has 0 unspecified atom stereocenters. The van der Waals surface area contributed by atoms with Crippen LogP contribution in [0.3, 0.4) is 0 Å². The lowest BCUT2D eigenvalue weighted by Gasteiger charge is -2.04. The minimum atomic E-state index is -0.304. The number of carbonyl (C=O) groups is 1. The molecule has 3 aromatic rings. The summed E-state index contributed by atoms with van der Waals surface area (Å²) in [7, 11) is 0. The number of rotatable bonds is 5. The van der Waals surface area contributed by atoms with Gasteiger partial charge in [-0.25, -0.2) is 9.37 Å². The molecule has 0 spiro atoms. The predicted octanol–water partition coefficient (Wildman–Crippen LogP) is 4.61. The van der Waals surface area contributed by atoms with Gasteiger partial charge in [-0.15, -0.1) is 11.3 Å². The Labute approximate surface area is 147 Å². The first-order valence-electron chi connectivity index (χ1n) is 7.11. The standard InChI is InChI=1S/C17H13ClFN3OS/c18-12-2-1-3-14(8-12)21-17-22-15(10-24-17)16(23)20-9-11-4-6-13(19)7-5-11/h1-8,10H,9H2,(H,20,23)(H,21,22). The highest BCUT2D eigenvalue weighted by molar-refractivity contribution is 7.14. The van der Waals surface area contributed by atoms with Gasteiger partial charge >= 0.3 is 0 Å². The maximum atomic E-state index is 12.8.